The molecule has 2 N–H and O–H groups in total. The molecule has 0 aliphatic carbocycles. The van der Waals surface area contributed by atoms with Crippen LogP contribution < -0.4 is 5.73 Å². The van der Waals surface area contributed by atoms with Gasteiger partial charge in [0, 0.05) is 5.56 Å². The summed E-state index contributed by atoms with van der Waals surface area (Å²) >= 11 is 5.52. The van der Waals surface area contributed by atoms with Gasteiger partial charge in [-0.2, -0.15) is 0 Å². The van der Waals surface area contributed by atoms with Crippen LogP contribution in [0.1, 0.15) is 12.5 Å². The van der Waals surface area contributed by atoms with Crippen molar-refractivity contribution in [2.24, 2.45) is 5.73 Å². The van der Waals surface area contributed by atoms with Gasteiger partial charge in [0.2, 0.25) is 0 Å². The third-order valence-electron chi connectivity index (χ3n) is 2.01. The van der Waals surface area contributed by atoms with Crippen LogP contribution in [0.3, 0.4) is 0 Å². The standard InChI is InChI=1S/C10H10ClF2N/c1-3-10(2,14)8-7(12)5-4-6(11)9(8)13/h3-5H,1,14H2,2H3/t10-/m0/s1. The van der Waals surface area contributed by atoms with E-state index in [-0.39, 0.29) is 10.6 Å². The van der Waals surface area contributed by atoms with Crippen molar-refractivity contribution in [2.75, 3.05) is 0 Å². The Morgan fingerprint density at radius 1 is 1.50 bits per heavy atom. The van der Waals surface area contributed by atoms with Crippen LogP contribution >= 0.6 is 11.6 Å². The van der Waals surface area contributed by atoms with E-state index in [0.29, 0.717) is 0 Å². The van der Waals surface area contributed by atoms with Gasteiger partial charge < -0.3 is 5.73 Å². The Labute approximate surface area is 86.2 Å². The van der Waals surface area contributed by atoms with E-state index in [9.17, 15) is 8.78 Å². The molecule has 0 bridgehead atoms. The molecule has 1 rings (SSSR count). The fraction of sp³-hybridized carbons (Fsp3) is 0.200. The molecule has 0 unspecified atom stereocenters. The molecule has 0 fully saturated rings. The summed E-state index contributed by atoms with van der Waals surface area (Å²) in [5, 5.41) is -0.153. The first-order valence-corrected chi connectivity index (χ1v) is 4.34. The van der Waals surface area contributed by atoms with Crippen LogP contribution in [-0.2, 0) is 5.54 Å². The van der Waals surface area contributed by atoms with Crippen LogP contribution in [0, 0.1) is 11.6 Å². The number of halogens is 3. The summed E-state index contributed by atoms with van der Waals surface area (Å²) in [7, 11) is 0. The van der Waals surface area contributed by atoms with Crippen molar-refractivity contribution in [1.29, 1.82) is 0 Å². The minimum absolute atomic E-state index is 0.153. The molecule has 14 heavy (non-hydrogen) atoms. The molecule has 76 valence electrons. The second-order valence-electron chi connectivity index (χ2n) is 3.21. The van der Waals surface area contributed by atoms with E-state index in [4.69, 9.17) is 17.3 Å². The quantitative estimate of drug-likeness (QED) is 0.598. The Hall–Kier alpha value is -0.930. The molecule has 1 nitrogen and oxygen atoms in total. The van der Waals surface area contributed by atoms with E-state index >= 15 is 0 Å². The zero-order valence-electron chi connectivity index (χ0n) is 7.65. The third-order valence-corrected chi connectivity index (χ3v) is 2.30. The summed E-state index contributed by atoms with van der Waals surface area (Å²) in [4.78, 5) is 0. The maximum atomic E-state index is 13.4. The highest BCUT2D eigenvalue weighted by atomic mass is 35.5. The van der Waals surface area contributed by atoms with Crippen LogP contribution in [0.5, 0.6) is 0 Å². The Bertz CT molecular complexity index is 375. The topological polar surface area (TPSA) is 26.0 Å². The lowest BCUT2D eigenvalue weighted by atomic mass is 9.92. The average molecular weight is 218 g/mol. The summed E-state index contributed by atoms with van der Waals surface area (Å²) < 4.78 is 26.7. The SMILES string of the molecule is C=C[C@](C)(N)c1c(F)ccc(Cl)c1F. The first-order chi connectivity index (χ1) is 6.40. The molecule has 1 atom stereocenters. The normalized spacial score (nSPS) is 14.9. The number of hydrogen-bond acceptors (Lipinski definition) is 1. The third kappa shape index (κ3) is 1.79. The smallest absolute Gasteiger partial charge is 0.150 e. The first kappa shape index (κ1) is 11.1. The van der Waals surface area contributed by atoms with Crippen LogP contribution in [0.2, 0.25) is 5.02 Å². The van der Waals surface area contributed by atoms with Crippen LogP contribution in [-0.4, -0.2) is 0 Å². The number of hydrogen-bond donors (Lipinski definition) is 1. The first-order valence-electron chi connectivity index (χ1n) is 3.96. The van der Waals surface area contributed by atoms with Crippen molar-refractivity contribution in [3.63, 3.8) is 0 Å². The monoisotopic (exact) mass is 217 g/mol. The minimum Gasteiger partial charge on any atom is -0.318 e. The number of benzene rings is 1. The summed E-state index contributed by atoms with van der Waals surface area (Å²) in [5.41, 5.74) is 4.12. The lowest BCUT2D eigenvalue weighted by molar-refractivity contribution is 0.492. The van der Waals surface area contributed by atoms with Crippen molar-refractivity contribution in [2.45, 2.75) is 12.5 Å². The maximum Gasteiger partial charge on any atom is 0.150 e. The van der Waals surface area contributed by atoms with Gasteiger partial charge in [0.15, 0.2) is 0 Å². The minimum atomic E-state index is -1.26. The predicted molar refractivity (Wildman–Crippen MR) is 53.1 cm³/mol. The molecule has 0 spiro atoms. The van der Waals surface area contributed by atoms with Gasteiger partial charge in [-0.15, -0.1) is 6.58 Å². The number of nitrogens with two attached hydrogens (primary N) is 1. The Kier molecular flexibility index (Phi) is 2.92. The Balaban J connectivity index is 3.47. The van der Waals surface area contributed by atoms with E-state index in [1.165, 1.54) is 13.0 Å². The molecule has 0 saturated heterocycles. The van der Waals surface area contributed by atoms with Gasteiger partial charge in [-0.1, -0.05) is 17.7 Å². The molecule has 0 aliphatic rings. The molecule has 0 radical (unpaired) electrons. The molecule has 0 aliphatic heterocycles. The average Bonchev–Trinajstić information content (AvgIpc) is 2.12. The summed E-state index contributed by atoms with van der Waals surface area (Å²) in [6.07, 6.45) is 1.27. The van der Waals surface area contributed by atoms with Gasteiger partial charge in [-0.05, 0) is 19.1 Å². The van der Waals surface area contributed by atoms with Gasteiger partial charge in [-0.3, -0.25) is 0 Å². The van der Waals surface area contributed by atoms with Gasteiger partial charge in [0.25, 0.3) is 0 Å². The zero-order valence-corrected chi connectivity index (χ0v) is 8.41. The zero-order chi connectivity index (χ0) is 10.9. The van der Waals surface area contributed by atoms with Gasteiger partial charge in [0.1, 0.15) is 11.6 Å². The molecule has 0 saturated carbocycles. The summed E-state index contributed by atoms with van der Waals surface area (Å²) in [5.74, 6) is -1.56. The van der Waals surface area contributed by atoms with Gasteiger partial charge in [-0.25, -0.2) is 8.78 Å². The lowest BCUT2D eigenvalue weighted by Crippen LogP contribution is -2.32. The molecule has 0 heterocycles. The highest BCUT2D eigenvalue weighted by Crippen LogP contribution is 2.29. The van der Waals surface area contributed by atoms with E-state index in [0.717, 1.165) is 12.1 Å². The second-order valence-corrected chi connectivity index (χ2v) is 3.61. The lowest BCUT2D eigenvalue weighted by Gasteiger charge is -2.22. The Morgan fingerprint density at radius 2 is 2.07 bits per heavy atom. The van der Waals surface area contributed by atoms with Crippen molar-refractivity contribution >= 4 is 11.6 Å². The molecular weight excluding hydrogens is 208 g/mol. The molecule has 0 aromatic heterocycles. The molecule has 1 aromatic carbocycles. The van der Waals surface area contributed by atoms with E-state index in [1.807, 2.05) is 0 Å². The van der Waals surface area contributed by atoms with Crippen molar-refractivity contribution in [1.82, 2.24) is 0 Å². The largest absolute Gasteiger partial charge is 0.318 e. The fourth-order valence-corrected chi connectivity index (χ4v) is 1.28. The van der Waals surface area contributed by atoms with Crippen molar-refractivity contribution in [3.8, 4) is 0 Å². The second kappa shape index (κ2) is 3.67. The van der Waals surface area contributed by atoms with E-state index in [2.05, 4.69) is 6.58 Å². The summed E-state index contributed by atoms with van der Waals surface area (Å²) in [6, 6.07) is 2.23. The van der Waals surface area contributed by atoms with Crippen molar-refractivity contribution in [3.05, 3.63) is 47.0 Å². The van der Waals surface area contributed by atoms with Gasteiger partial charge >= 0.3 is 0 Å². The highest BCUT2D eigenvalue weighted by Gasteiger charge is 2.26. The van der Waals surface area contributed by atoms with E-state index < -0.39 is 17.2 Å². The molecule has 4 heteroatoms. The molecule has 0 amide bonds. The highest BCUT2D eigenvalue weighted by molar-refractivity contribution is 6.30. The molecule has 1 aromatic rings. The van der Waals surface area contributed by atoms with Crippen molar-refractivity contribution < 1.29 is 8.78 Å². The summed E-state index contributed by atoms with van der Waals surface area (Å²) in [6.45, 7) is 4.88. The van der Waals surface area contributed by atoms with Gasteiger partial charge in [0.05, 0.1) is 10.6 Å². The van der Waals surface area contributed by atoms with Crippen LogP contribution in [0.15, 0.2) is 24.8 Å². The number of rotatable bonds is 2. The predicted octanol–water partition coefficient (Wildman–Crippen LogP) is 2.98. The van der Waals surface area contributed by atoms with Crippen LogP contribution in [0.25, 0.3) is 0 Å². The van der Waals surface area contributed by atoms with Crippen LogP contribution in [0.4, 0.5) is 8.78 Å². The fourth-order valence-electron chi connectivity index (χ4n) is 1.12. The molecular formula is C10H10ClF2N. The Morgan fingerprint density at radius 3 is 2.57 bits per heavy atom. The van der Waals surface area contributed by atoms with E-state index in [1.54, 1.807) is 0 Å². The maximum absolute atomic E-state index is 13.4.